The Bertz CT molecular complexity index is 622. The lowest BCUT2D eigenvalue weighted by Gasteiger charge is -2.15. The highest BCUT2D eigenvalue weighted by Crippen LogP contribution is 2.32. The molecule has 1 aromatic carbocycles. The average molecular weight is 379 g/mol. The number of carbonyl (C=O) groups is 2. The fourth-order valence-electron chi connectivity index (χ4n) is 3.27. The first kappa shape index (κ1) is 23.0. The predicted molar refractivity (Wildman–Crippen MR) is 106 cm³/mol. The van der Waals surface area contributed by atoms with Crippen molar-refractivity contribution in [3.8, 4) is 5.75 Å². The summed E-state index contributed by atoms with van der Waals surface area (Å²) in [7, 11) is 1.23. The van der Waals surface area contributed by atoms with Gasteiger partial charge in [-0.1, -0.05) is 51.9 Å². The van der Waals surface area contributed by atoms with E-state index in [9.17, 15) is 14.7 Å². The molecular formula is C22H34O5. The van der Waals surface area contributed by atoms with Crippen molar-refractivity contribution >= 4 is 11.9 Å². The highest BCUT2D eigenvalue weighted by molar-refractivity contribution is 6.05. The lowest BCUT2D eigenvalue weighted by Crippen LogP contribution is -2.15. The molecule has 1 aromatic rings. The van der Waals surface area contributed by atoms with E-state index in [0.717, 1.165) is 18.4 Å². The van der Waals surface area contributed by atoms with Crippen molar-refractivity contribution in [3.63, 3.8) is 0 Å². The van der Waals surface area contributed by atoms with E-state index in [4.69, 9.17) is 9.47 Å². The zero-order chi connectivity index (χ0) is 20.2. The number of esters is 2. The molecule has 0 aromatic heterocycles. The third kappa shape index (κ3) is 6.89. The molecule has 5 heteroatoms. The van der Waals surface area contributed by atoms with Gasteiger partial charge in [0, 0.05) is 0 Å². The third-order valence-corrected chi connectivity index (χ3v) is 4.79. The lowest BCUT2D eigenvalue weighted by atomic mass is 9.93. The van der Waals surface area contributed by atoms with Crippen molar-refractivity contribution in [2.45, 2.75) is 78.6 Å². The van der Waals surface area contributed by atoms with Crippen LogP contribution >= 0.6 is 0 Å². The number of unbranched alkanes of at least 4 members (excludes halogenated alkanes) is 7. The Hall–Kier alpha value is -2.04. The molecule has 0 unspecified atom stereocenters. The van der Waals surface area contributed by atoms with Gasteiger partial charge in [-0.25, -0.2) is 9.59 Å². The van der Waals surface area contributed by atoms with Gasteiger partial charge in [-0.3, -0.25) is 0 Å². The maximum atomic E-state index is 12.2. The second-order valence-corrected chi connectivity index (χ2v) is 6.88. The van der Waals surface area contributed by atoms with Crippen molar-refractivity contribution in [2.75, 3.05) is 13.7 Å². The summed E-state index contributed by atoms with van der Waals surface area (Å²) >= 11 is 0. The summed E-state index contributed by atoms with van der Waals surface area (Å²) in [6.07, 6.45) is 10.2. The highest BCUT2D eigenvalue weighted by atomic mass is 16.5. The molecule has 5 nitrogen and oxygen atoms in total. The van der Waals surface area contributed by atoms with Crippen molar-refractivity contribution in [2.24, 2.45) is 0 Å². The molecule has 0 aliphatic carbocycles. The zero-order valence-corrected chi connectivity index (χ0v) is 17.2. The molecule has 0 spiro atoms. The van der Waals surface area contributed by atoms with Gasteiger partial charge in [0.15, 0.2) is 0 Å². The van der Waals surface area contributed by atoms with Crippen molar-refractivity contribution in [3.05, 3.63) is 28.3 Å². The molecule has 0 bridgehead atoms. The van der Waals surface area contributed by atoms with E-state index < -0.39 is 11.9 Å². The molecule has 0 aliphatic heterocycles. The largest absolute Gasteiger partial charge is 0.507 e. The molecule has 0 amide bonds. The van der Waals surface area contributed by atoms with Crippen molar-refractivity contribution in [1.29, 1.82) is 0 Å². The monoisotopic (exact) mass is 378 g/mol. The Morgan fingerprint density at radius 1 is 0.963 bits per heavy atom. The lowest BCUT2D eigenvalue weighted by molar-refractivity contribution is 0.0502. The first-order chi connectivity index (χ1) is 13.0. The summed E-state index contributed by atoms with van der Waals surface area (Å²) in [6.45, 7) is 5.94. The molecule has 0 fully saturated rings. The first-order valence-corrected chi connectivity index (χ1v) is 10.1. The summed E-state index contributed by atoms with van der Waals surface area (Å²) in [5, 5.41) is 10.7. The minimum Gasteiger partial charge on any atom is -0.507 e. The number of aromatic hydroxyl groups is 1. The molecule has 0 saturated heterocycles. The summed E-state index contributed by atoms with van der Waals surface area (Å²) in [6, 6.07) is 1.62. The van der Waals surface area contributed by atoms with Crippen LogP contribution in [0.1, 0.15) is 97.1 Å². The van der Waals surface area contributed by atoms with Crippen LogP contribution in [0.5, 0.6) is 5.75 Å². The van der Waals surface area contributed by atoms with Gasteiger partial charge < -0.3 is 14.6 Å². The molecule has 152 valence electrons. The van der Waals surface area contributed by atoms with Crippen LogP contribution in [0.3, 0.4) is 0 Å². The maximum absolute atomic E-state index is 12.2. The second-order valence-electron chi connectivity index (χ2n) is 6.88. The van der Waals surface area contributed by atoms with Gasteiger partial charge in [0.05, 0.1) is 19.3 Å². The maximum Gasteiger partial charge on any atom is 0.342 e. The number of ether oxygens (including phenoxy) is 2. The van der Waals surface area contributed by atoms with Crippen LogP contribution in [0.15, 0.2) is 6.07 Å². The molecule has 0 saturated carbocycles. The minimum absolute atomic E-state index is 0.0541. The molecular weight excluding hydrogens is 344 g/mol. The van der Waals surface area contributed by atoms with E-state index in [2.05, 4.69) is 6.92 Å². The van der Waals surface area contributed by atoms with Crippen LogP contribution in [-0.4, -0.2) is 30.8 Å². The number of methoxy groups -OCH3 is 1. The van der Waals surface area contributed by atoms with E-state index >= 15 is 0 Å². The van der Waals surface area contributed by atoms with Crippen LogP contribution in [0.25, 0.3) is 0 Å². The van der Waals surface area contributed by atoms with Gasteiger partial charge in [0.1, 0.15) is 11.3 Å². The van der Waals surface area contributed by atoms with Crippen LogP contribution in [0.2, 0.25) is 0 Å². The summed E-state index contributed by atoms with van der Waals surface area (Å²) < 4.78 is 9.77. The van der Waals surface area contributed by atoms with E-state index in [1.807, 2.05) is 6.92 Å². The molecule has 0 aliphatic rings. The van der Waals surface area contributed by atoms with Gasteiger partial charge in [0.2, 0.25) is 0 Å². The van der Waals surface area contributed by atoms with Gasteiger partial charge >= 0.3 is 11.9 Å². The summed E-state index contributed by atoms with van der Waals surface area (Å²) in [5.74, 6) is -1.52. The van der Waals surface area contributed by atoms with Gasteiger partial charge in [-0.15, -0.1) is 0 Å². The number of rotatable bonds is 12. The molecule has 1 N–H and O–H groups in total. The quantitative estimate of drug-likeness (QED) is 0.392. The molecule has 0 radical (unpaired) electrons. The highest BCUT2D eigenvalue weighted by Gasteiger charge is 2.26. The number of hydrogen-bond donors (Lipinski definition) is 1. The van der Waals surface area contributed by atoms with Crippen LogP contribution in [0, 0.1) is 6.92 Å². The van der Waals surface area contributed by atoms with Crippen molar-refractivity contribution in [1.82, 2.24) is 0 Å². The number of aryl methyl sites for hydroxylation is 1. The Morgan fingerprint density at radius 2 is 1.56 bits per heavy atom. The summed E-state index contributed by atoms with van der Waals surface area (Å²) in [4.78, 5) is 24.3. The Kier molecular flexibility index (Phi) is 10.5. The van der Waals surface area contributed by atoms with Crippen LogP contribution < -0.4 is 0 Å². The normalized spacial score (nSPS) is 10.7. The topological polar surface area (TPSA) is 72.8 Å². The third-order valence-electron chi connectivity index (χ3n) is 4.79. The average Bonchev–Trinajstić information content (AvgIpc) is 2.65. The molecule has 0 heterocycles. The number of phenols is 1. The predicted octanol–water partition coefficient (Wildman–Crippen LogP) is 5.35. The first-order valence-electron chi connectivity index (χ1n) is 10.1. The fourth-order valence-corrected chi connectivity index (χ4v) is 3.27. The second kappa shape index (κ2) is 12.4. The number of hydrogen-bond acceptors (Lipinski definition) is 5. The zero-order valence-electron chi connectivity index (χ0n) is 17.2. The standard InChI is InChI=1S/C22H34O5/c1-5-7-8-9-10-11-12-13-14-17-16(3)15-18(21(24)27-6-2)19(20(17)23)22(25)26-4/h15,23H,5-14H2,1-4H3. The van der Waals surface area contributed by atoms with Crippen LogP contribution in [0.4, 0.5) is 0 Å². The van der Waals surface area contributed by atoms with E-state index in [-0.39, 0.29) is 23.5 Å². The Morgan fingerprint density at radius 3 is 2.11 bits per heavy atom. The number of carbonyl (C=O) groups excluding carboxylic acids is 2. The van der Waals surface area contributed by atoms with E-state index in [1.165, 1.54) is 45.6 Å². The molecule has 1 rings (SSSR count). The number of phenolic OH excluding ortho intramolecular Hbond substituents is 1. The van der Waals surface area contributed by atoms with Gasteiger partial charge in [-0.2, -0.15) is 0 Å². The van der Waals surface area contributed by atoms with Gasteiger partial charge in [0.25, 0.3) is 0 Å². The van der Waals surface area contributed by atoms with Crippen molar-refractivity contribution < 1.29 is 24.2 Å². The molecule has 27 heavy (non-hydrogen) atoms. The number of benzene rings is 1. The fraction of sp³-hybridized carbons (Fsp3) is 0.636. The summed E-state index contributed by atoms with van der Waals surface area (Å²) in [5.41, 5.74) is 1.44. The SMILES string of the molecule is CCCCCCCCCCc1c(C)cc(C(=O)OCC)c(C(=O)OC)c1O. The Labute approximate surface area is 163 Å². The molecule has 0 atom stereocenters. The van der Waals surface area contributed by atoms with E-state index in [0.29, 0.717) is 12.0 Å². The van der Waals surface area contributed by atoms with Gasteiger partial charge in [-0.05, 0) is 43.9 Å². The van der Waals surface area contributed by atoms with Crippen LogP contribution in [-0.2, 0) is 15.9 Å². The van der Waals surface area contributed by atoms with E-state index in [1.54, 1.807) is 13.0 Å². The smallest absolute Gasteiger partial charge is 0.342 e. The minimum atomic E-state index is -0.729. The Balaban J connectivity index is 2.83.